The van der Waals surface area contributed by atoms with Crippen LogP contribution in [0, 0.1) is 5.92 Å². The van der Waals surface area contributed by atoms with E-state index in [4.69, 9.17) is 0 Å². The fourth-order valence-corrected chi connectivity index (χ4v) is 2.85. The van der Waals surface area contributed by atoms with Crippen molar-refractivity contribution in [1.82, 2.24) is 15.2 Å². The fourth-order valence-electron chi connectivity index (χ4n) is 2.44. The maximum atomic E-state index is 4.15. The Bertz CT molecular complexity index is 350. The van der Waals surface area contributed by atoms with Gasteiger partial charge in [-0.1, -0.05) is 0 Å². The molecule has 0 saturated carbocycles. The molecule has 1 atom stereocenters. The van der Waals surface area contributed by atoms with Crippen molar-refractivity contribution in [2.45, 2.75) is 19.4 Å². The third-order valence-electron chi connectivity index (χ3n) is 3.21. The smallest absolute Gasteiger partial charge is 0.106 e. The largest absolute Gasteiger partial charge is 0.316 e. The Hall–Kier alpha value is -0.450. The van der Waals surface area contributed by atoms with E-state index in [1.807, 2.05) is 6.20 Å². The van der Waals surface area contributed by atoms with Crippen LogP contribution in [0.15, 0.2) is 22.9 Å². The number of pyridine rings is 1. The zero-order valence-electron chi connectivity index (χ0n) is 10.3. The zero-order chi connectivity index (χ0) is 12.1. The molecule has 1 aliphatic rings. The molecule has 0 aromatic carbocycles. The highest BCUT2D eigenvalue weighted by Gasteiger charge is 2.14. The van der Waals surface area contributed by atoms with E-state index in [2.05, 4.69) is 50.3 Å². The number of hydrogen-bond acceptors (Lipinski definition) is 3. The standard InChI is InChI=1S/C13H20BrN3/c1-17(10-12-3-2-5-15-8-12)9-11-4-6-16-13(14)7-11/h4,6-7,12,15H,2-3,5,8-10H2,1H3/t12-/m0/s1. The predicted octanol–water partition coefficient (Wildman–Crippen LogP) is 2.28. The molecule has 1 fully saturated rings. The van der Waals surface area contributed by atoms with Crippen LogP contribution >= 0.6 is 15.9 Å². The Kier molecular flexibility index (Phi) is 4.95. The van der Waals surface area contributed by atoms with Gasteiger partial charge < -0.3 is 10.2 Å². The molecule has 94 valence electrons. The fraction of sp³-hybridized carbons (Fsp3) is 0.615. The molecule has 4 heteroatoms. The highest BCUT2D eigenvalue weighted by atomic mass is 79.9. The van der Waals surface area contributed by atoms with Gasteiger partial charge in [0, 0.05) is 19.3 Å². The summed E-state index contributed by atoms with van der Waals surface area (Å²) in [6, 6.07) is 4.18. The van der Waals surface area contributed by atoms with Crippen molar-refractivity contribution >= 4 is 15.9 Å². The summed E-state index contributed by atoms with van der Waals surface area (Å²) in [5.41, 5.74) is 1.32. The molecule has 0 spiro atoms. The Labute approximate surface area is 112 Å². The van der Waals surface area contributed by atoms with Gasteiger partial charge >= 0.3 is 0 Å². The van der Waals surface area contributed by atoms with Crippen molar-refractivity contribution < 1.29 is 0 Å². The number of aromatic nitrogens is 1. The number of halogens is 1. The minimum absolute atomic E-state index is 0.805. The highest BCUT2D eigenvalue weighted by molar-refractivity contribution is 9.10. The molecular weight excluding hydrogens is 278 g/mol. The van der Waals surface area contributed by atoms with Gasteiger partial charge in [0.2, 0.25) is 0 Å². The third-order valence-corrected chi connectivity index (χ3v) is 3.65. The van der Waals surface area contributed by atoms with E-state index in [-0.39, 0.29) is 0 Å². The second-order valence-electron chi connectivity index (χ2n) is 4.90. The topological polar surface area (TPSA) is 28.2 Å². The summed E-state index contributed by atoms with van der Waals surface area (Å²) in [5.74, 6) is 0.805. The monoisotopic (exact) mass is 297 g/mol. The summed E-state index contributed by atoms with van der Waals surface area (Å²) in [6.07, 6.45) is 4.53. The molecule has 1 aromatic rings. The van der Waals surface area contributed by atoms with Crippen LogP contribution in [-0.4, -0.2) is 36.6 Å². The van der Waals surface area contributed by atoms with Crippen LogP contribution in [0.4, 0.5) is 0 Å². The van der Waals surface area contributed by atoms with Crippen molar-refractivity contribution in [3.63, 3.8) is 0 Å². The lowest BCUT2D eigenvalue weighted by Crippen LogP contribution is -2.36. The third kappa shape index (κ3) is 4.37. The van der Waals surface area contributed by atoms with Gasteiger partial charge in [0.05, 0.1) is 0 Å². The molecule has 2 heterocycles. The van der Waals surface area contributed by atoms with Gasteiger partial charge in [-0.3, -0.25) is 0 Å². The molecule has 0 aliphatic carbocycles. The van der Waals surface area contributed by atoms with E-state index in [0.29, 0.717) is 0 Å². The molecule has 3 nitrogen and oxygen atoms in total. The number of piperidine rings is 1. The molecule has 1 N–H and O–H groups in total. The zero-order valence-corrected chi connectivity index (χ0v) is 11.9. The van der Waals surface area contributed by atoms with Gasteiger partial charge in [-0.2, -0.15) is 0 Å². The van der Waals surface area contributed by atoms with E-state index >= 15 is 0 Å². The molecule has 0 amide bonds. The Morgan fingerprint density at radius 2 is 2.47 bits per heavy atom. The van der Waals surface area contributed by atoms with Gasteiger partial charge in [0.15, 0.2) is 0 Å². The van der Waals surface area contributed by atoms with Gasteiger partial charge in [0.25, 0.3) is 0 Å². The van der Waals surface area contributed by atoms with Crippen LogP contribution in [-0.2, 0) is 6.54 Å². The molecular formula is C13H20BrN3. The first-order valence-electron chi connectivity index (χ1n) is 6.24. The summed E-state index contributed by atoms with van der Waals surface area (Å²) in [5, 5.41) is 3.47. The average molecular weight is 298 g/mol. The lowest BCUT2D eigenvalue weighted by Gasteiger charge is -2.27. The van der Waals surface area contributed by atoms with Crippen molar-refractivity contribution in [2.24, 2.45) is 5.92 Å². The summed E-state index contributed by atoms with van der Waals surface area (Å²) >= 11 is 3.41. The Morgan fingerprint density at radius 1 is 1.59 bits per heavy atom. The van der Waals surface area contributed by atoms with Crippen LogP contribution < -0.4 is 5.32 Å². The molecule has 0 radical (unpaired) electrons. The summed E-state index contributed by atoms with van der Waals surface area (Å²) in [7, 11) is 2.20. The Balaban J connectivity index is 1.82. The average Bonchev–Trinajstić information content (AvgIpc) is 2.30. The SMILES string of the molecule is CN(Cc1ccnc(Br)c1)C[C@H]1CCCNC1. The number of nitrogens with one attached hydrogen (secondary N) is 1. The second-order valence-corrected chi connectivity index (χ2v) is 5.71. The van der Waals surface area contributed by atoms with Gasteiger partial charge in [0.1, 0.15) is 4.60 Å². The second kappa shape index (κ2) is 6.47. The van der Waals surface area contributed by atoms with Crippen LogP contribution in [0.1, 0.15) is 18.4 Å². The van der Waals surface area contributed by atoms with Gasteiger partial charge in [-0.15, -0.1) is 0 Å². The van der Waals surface area contributed by atoms with E-state index in [1.165, 1.54) is 38.0 Å². The molecule has 0 bridgehead atoms. The first-order chi connectivity index (χ1) is 8.24. The quantitative estimate of drug-likeness (QED) is 0.864. The minimum atomic E-state index is 0.805. The van der Waals surface area contributed by atoms with Gasteiger partial charge in [-0.25, -0.2) is 4.98 Å². The highest BCUT2D eigenvalue weighted by Crippen LogP contribution is 2.14. The number of hydrogen-bond donors (Lipinski definition) is 1. The van der Waals surface area contributed by atoms with Crippen molar-refractivity contribution in [1.29, 1.82) is 0 Å². The van der Waals surface area contributed by atoms with Crippen LogP contribution in [0.2, 0.25) is 0 Å². The lowest BCUT2D eigenvalue weighted by molar-refractivity contribution is 0.237. The van der Waals surface area contributed by atoms with E-state index in [0.717, 1.165) is 17.1 Å². The number of nitrogens with zero attached hydrogens (tertiary/aromatic N) is 2. The Morgan fingerprint density at radius 3 is 3.18 bits per heavy atom. The normalized spacial score (nSPS) is 20.8. The van der Waals surface area contributed by atoms with Crippen molar-refractivity contribution in [3.8, 4) is 0 Å². The van der Waals surface area contributed by atoms with Crippen LogP contribution in [0.3, 0.4) is 0 Å². The van der Waals surface area contributed by atoms with Crippen molar-refractivity contribution in [3.05, 3.63) is 28.5 Å². The lowest BCUT2D eigenvalue weighted by atomic mass is 9.99. The molecule has 1 aromatic heterocycles. The van der Waals surface area contributed by atoms with Crippen LogP contribution in [0.25, 0.3) is 0 Å². The summed E-state index contributed by atoms with van der Waals surface area (Å²) in [4.78, 5) is 6.55. The molecule has 2 rings (SSSR count). The molecule has 1 saturated heterocycles. The first kappa shape index (κ1) is 13.0. The maximum Gasteiger partial charge on any atom is 0.106 e. The molecule has 17 heavy (non-hydrogen) atoms. The maximum absolute atomic E-state index is 4.15. The van der Waals surface area contributed by atoms with E-state index in [9.17, 15) is 0 Å². The van der Waals surface area contributed by atoms with Gasteiger partial charge in [-0.05, 0) is 72.5 Å². The van der Waals surface area contributed by atoms with Crippen molar-refractivity contribution in [2.75, 3.05) is 26.7 Å². The molecule has 0 unspecified atom stereocenters. The molecule has 1 aliphatic heterocycles. The predicted molar refractivity (Wildman–Crippen MR) is 73.9 cm³/mol. The van der Waals surface area contributed by atoms with Crippen LogP contribution in [0.5, 0.6) is 0 Å². The van der Waals surface area contributed by atoms with E-state index < -0.39 is 0 Å². The first-order valence-corrected chi connectivity index (χ1v) is 7.03. The summed E-state index contributed by atoms with van der Waals surface area (Å²) < 4.78 is 0.919. The number of rotatable bonds is 4. The summed E-state index contributed by atoms with van der Waals surface area (Å²) in [6.45, 7) is 4.53. The van der Waals surface area contributed by atoms with E-state index in [1.54, 1.807) is 0 Å². The minimum Gasteiger partial charge on any atom is -0.316 e.